The topological polar surface area (TPSA) is 29.0 Å². The predicted octanol–water partition coefficient (Wildman–Crippen LogP) is 4.18. The van der Waals surface area contributed by atoms with Crippen LogP contribution in [0, 0.1) is 0 Å². The van der Waals surface area contributed by atoms with Gasteiger partial charge in [0.1, 0.15) is 5.52 Å². The summed E-state index contributed by atoms with van der Waals surface area (Å²) in [6.07, 6.45) is 5.55. The molecule has 0 N–H and O–H groups in total. The van der Waals surface area contributed by atoms with E-state index in [4.69, 9.17) is 0 Å². The zero-order valence-corrected chi connectivity index (χ0v) is 13.1. The molecule has 0 unspecified atom stereocenters. The van der Waals surface area contributed by atoms with Crippen LogP contribution in [0.3, 0.4) is 0 Å². The third kappa shape index (κ3) is 2.95. The fraction of sp³-hybridized carbons (Fsp3) is 0.333. The van der Waals surface area contributed by atoms with Crippen molar-refractivity contribution in [2.45, 2.75) is 26.3 Å². The van der Waals surface area contributed by atoms with Gasteiger partial charge in [-0.25, -0.2) is 0 Å². The number of aromatic nitrogens is 2. The molecular formula is C15H18BrN3. The van der Waals surface area contributed by atoms with Gasteiger partial charge in [0.2, 0.25) is 0 Å². The van der Waals surface area contributed by atoms with Crippen LogP contribution < -0.4 is 4.90 Å². The molecule has 0 radical (unpaired) electrons. The van der Waals surface area contributed by atoms with Crippen molar-refractivity contribution < 1.29 is 0 Å². The van der Waals surface area contributed by atoms with E-state index in [2.05, 4.69) is 58.1 Å². The standard InChI is InChI=1S/C15H18BrN3/c1-5-8-19(15(2,3)4)13-6-7-17-12-9-11(16)10-18-14(12)13/h5-7,9-10H,1,8H2,2-4H3. The monoisotopic (exact) mass is 319 g/mol. The van der Waals surface area contributed by atoms with Crippen LogP contribution in [0.15, 0.2) is 41.7 Å². The second kappa shape index (κ2) is 5.29. The minimum absolute atomic E-state index is 0.00275. The first-order valence-corrected chi connectivity index (χ1v) is 7.01. The van der Waals surface area contributed by atoms with E-state index in [0.29, 0.717) is 0 Å². The Hall–Kier alpha value is -1.42. The van der Waals surface area contributed by atoms with Crippen LogP contribution in [0.25, 0.3) is 11.0 Å². The van der Waals surface area contributed by atoms with Gasteiger partial charge < -0.3 is 4.90 Å². The lowest BCUT2D eigenvalue weighted by atomic mass is 10.0. The lowest BCUT2D eigenvalue weighted by molar-refractivity contribution is 0.523. The summed E-state index contributed by atoms with van der Waals surface area (Å²) in [6.45, 7) is 11.2. The first-order chi connectivity index (χ1) is 8.93. The zero-order chi connectivity index (χ0) is 14.0. The Kier molecular flexibility index (Phi) is 3.90. The van der Waals surface area contributed by atoms with Gasteiger partial charge in [-0.05, 0) is 48.8 Å². The molecule has 0 atom stereocenters. The normalized spacial score (nSPS) is 11.6. The van der Waals surface area contributed by atoms with Crippen molar-refractivity contribution >= 4 is 32.7 Å². The maximum Gasteiger partial charge on any atom is 0.112 e. The number of rotatable bonds is 3. The molecule has 0 saturated heterocycles. The molecule has 2 heterocycles. The van der Waals surface area contributed by atoms with Crippen molar-refractivity contribution in [3.05, 3.63) is 41.7 Å². The molecule has 0 aromatic carbocycles. The van der Waals surface area contributed by atoms with Crippen molar-refractivity contribution in [1.82, 2.24) is 9.97 Å². The second-order valence-electron chi connectivity index (χ2n) is 5.42. The number of halogens is 1. The zero-order valence-electron chi connectivity index (χ0n) is 11.5. The quantitative estimate of drug-likeness (QED) is 0.794. The summed E-state index contributed by atoms with van der Waals surface area (Å²) < 4.78 is 0.940. The predicted molar refractivity (Wildman–Crippen MR) is 84.5 cm³/mol. The highest BCUT2D eigenvalue weighted by atomic mass is 79.9. The minimum atomic E-state index is -0.00275. The van der Waals surface area contributed by atoms with Gasteiger partial charge in [0.25, 0.3) is 0 Å². The second-order valence-corrected chi connectivity index (χ2v) is 6.34. The maximum absolute atomic E-state index is 4.51. The van der Waals surface area contributed by atoms with Crippen LogP contribution in [0.5, 0.6) is 0 Å². The van der Waals surface area contributed by atoms with Gasteiger partial charge in [-0.15, -0.1) is 6.58 Å². The molecule has 0 saturated carbocycles. The van der Waals surface area contributed by atoms with E-state index in [1.807, 2.05) is 30.6 Å². The van der Waals surface area contributed by atoms with Gasteiger partial charge in [-0.1, -0.05) is 6.08 Å². The number of nitrogens with zero attached hydrogens (tertiary/aromatic N) is 3. The van der Waals surface area contributed by atoms with Gasteiger partial charge in [-0.3, -0.25) is 9.97 Å². The molecule has 0 aliphatic heterocycles. The van der Waals surface area contributed by atoms with Crippen molar-refractivity contribution in [2.24, 2.45) is 0 Å². The molecule has 4 heteroatoms. The highest BCUT2D eigenvalue weighted by Gasteiger charge is 2.22. The maximum atomic E-state index is 4.51. The fourth-order valence-electron chi connectivity index (χ4n) is 2.07. The van der Waals surface area contributed by atoms with E-state index in [1.54, 1.807) is 0 Å². The van der Waals surface area contributed by atoms with E-state index in [0.717, 1.165) is 27.7 Å². The number of anilines is 1. The SMILES string of the molecule is C=CCN(c1ccnc2cc(Br)cnc12)C(C)(C)C. The van der Waals surface area contributed by atoms with Crippen LogP contribution in [-0.4, -0.2) is 22.1 Å². The Morgan fingerprint density at radius 2 is 2.11 bits per heavy atom. The van der Waals surface area contributed by atoms with E-state index < -0.39 is 0 Å². The molecule has 0 spiro atoms. The number of hydrogen-bond donors (Lipinski definition) is 0. The van der Waals surface area contributed by atoms with Crippen LogP contribution >= 0.6 is 15.9 Å². The lowest BCUT2D eigenvalue weighted by Gasteiger charge is -2.37. The van der Waals surface area contributed by atoms with Crippen LogP contribution in [-0.2, 0) is 0 Å². The number of pyridine rings is 2. The van der Waals surface area contributed by atoms with E-state index in [-0.39, 0.29) is 5.54 Å². The summed E-state index contributed by atoms with van der Waals surface area (Å²) >= 11 is 3.43. The Bertz CT molecular complexity index is 602. The molecular weight excluding hydrogens is 302 g/mol. The molecule has 2 rings (SSSR count). The Balaban J connectivity index is 2.63. The molecule has 0 fully saturated rings. The molecule has 19 heavy (non-hydrogen) atoms. The molecule has 0 aliphatic carbocycles. The van der Waals surface area contributed by atoms with E-state index in [1.165, 1.54) is 0 Å². The Labute approximate surface area is 122 Å². The van der Waals surface area contributed by atoms with Gasteiger partial charge in [0, 0.05) is 29.0 Å². The van der Waals surface area contributed by atoms with Gasteiger partial charge in [0.15, 0.2) is 0 Å². The van der Waals surface area contributed by atoms with Crippen LogP contribution in [0.2, 0.25) is 0 Å². The van der Waals surface area contributed by atoms with Gasteiger partial charge in [0.05, 0.1) is 11.2 Å². The minimum Gasteiger partial charge on any atom is -0.361 e. The summed E-state index contributed by atoms with van der Waals surface area (Å²) in [5.41, 5.74) is 2.90. The highest BCUT2D eigenvalue weighted by Crippen LogP contribution is 2.30. The average molecular weight is 320 g/mol. The van der Waals surface area contributed by atoms with E-state index >= 15 is 0 Å². The van der Waals surface area contributed by atoms with Crippen LogP contribution in [0.1, 0.15) is 20.8 Å². The number of fused-ring (bicyclic) bond motifs is 1. The van der Waals surface area contributed by atoms with Crippen molar-refractivity contribution in [3.63, 3.8) is 0 Å². The highest BCUT2D eigenvalue weighted by molar-refractivity contribution is 9.10. The van der Waals surface area contributed by atoms with E-state index in [9.17, 15) is 0 Å². The first-order valence-electron chi connectivity index (χ1n) is 6.22. The third-order valence-corrected chi connectivity index (χ3v) is 3.37. The molecule has 0 amide bonds. The Morgan fingerprint density at radius 3 is 2.74 bits per heavy atom. The smallest absolute Gasteiger partial charge is 0.112 e. The average Bonchev–Trinajstić information content (AvgIpc) is 2.33. The molecule has 0 bridgehead atoms. The van der Waals surface area contributed by atoms with Crippen molar-refractivity contribution in [2.75, 3.05) is 11.4 Å². The van der Waals surface area contributed by atoms with Gasteiger partial charge in [-0.2, -0.15) is 0 Å². The van der Waals surface area contributed by atoms with Gasteiger partial charge >= 0.3 is 0 Å². The summed E-state index contributed by atoms with van der Waals surface area (Å²) in [6, 6.07) is 4.00. The van der Waals surface area contributed by atoms with Crippen LogP contribution in [0.4, 0.5) is 5.69 Å². The summed E-state index contributed by atoms with van der Waals surface area (Å²) in [5.74, 6) is 0. The Morgan fingerprint density at radius 1 is 1.37 bits per heavy atom. The first kappa shape index (κ1) is 14.0. The summed E-state index contributed by atoms with van der Waals surface area (Å²) in [4.78, 5) is 11.2. The fourth-order valence-corrected chi connectivity index (χ4v) is 2.39. The third-order valence-electron chi connectivity index (χ3n) is 2.94. The summed E-state index contributed by atoms with van der Waals surface area (Å²) in [5, 5.41) is 0. The van der Waals surface area contributed by atoms with Crippen molar-refractivity contribution in [1.29, 1.82) is 0 Å². The summed E-state index contributed by atoms with van der Waals surface area (Å²) in [7, 11) is 0. The molecule has 100 valence electrons. The number of hydrogen-bond acceptors (Lipinski definition) is 3. The molecule has 2 aromatic heterocycles. The molecule has 2 aromatic rings. The molecule has 0 aliphatic rings. The molecule has 3 nitrogen and oxygen atoms in total. The van der Waals surface area contributed by atoms with Crippen molar-refractivity contribution in [3.8, 4) is 0 Å². The lowest BCUT2D eigenvalue weighted by Crippen LogP contribution is -2.41. The largest absolute Gasteiger partial charge is 0.361 e.